The van der Waals surface area contributed by atoms with Gasteiger partial charge in [-0.05, 0) is 29.8 Å². The fourth-order valence-electron chi connectivity index (χ4n) is 2.99. The minimum atomic E-state index is -0.994. The zero-order valence-electron chi connectivity index (χ0n) is 15.0. The van der Waals surface area contributed by atoms with E-state index in [2.05, 4.69) is 5.10 Å². The Morgan fingerprint density at radius 1 is 0.893 bits per heavy atom. The molecule has 0 saturated heterocycles. The number of rotatable bonds is 6. The Kier molecular flexibility index (Phi) is 4.89. The fourth-order valence-corrected chi connectivity index (χ4v) is 2.99. The Labute approximate surface area is 162 Å². The Balaban J connectivity index is 1.59. The number of ether oxygens (including phenoxy) is 1. The molecule has 138 valence electrons. The Hall–Kier alpha value is -3.86. The largest absolute Gasteiger partial charge is 0.478 e. The van der Waals surface area contributed by atoms with Crippen molar-refractivity contribution in [2.24, 2.45) is 0 Å². The molecular formula is C23H18N2O3. The first-order chi connectivity index (χ1) is 13.7. The lowest BCUT2D eigenvalue weighted by atomic mass is 10.1. The van der Waals surface area contributed by atoms with E-state index in [0.717, 1.165) is 22.6 Å². The molecule has 0 radical (unpaired) electrons. The minimum absolute atomic E-state index is 0.183. The summed E-state index contributed by atoms with van der Waals surface area (Å²) < 4.78 is 7.52. The van der Waals surface area contributed by atoms with E-state index in [1.165, 1.54) is 0 Å². The molecule has 1 N–H and O–H groups in total. The highest BCUT2D eigenvalue weighted by atomic mass is 16.5. The molecule has 0 saturated carbocycles. The van der Waals surface area contributed by atoms with Gasteiger partial charge in [0.2, 0.25) is 0 Å². The molecule has 1 heterocycles. The summed E-state index contributed by atoms with van der Waals surface area (Å²) in [5.74, 6) is 0.488. The van der Waals surface area contributed by atoms with Crippen LogP contribution in [0.5, 0.6) is 11.5 Å². The van der Waals surface area contributed by atoms with Gasteiger partial charge in [-0.15, -0.1) is 0 Å². The first-order valence-corrected chi connectivity index (χ1v) is 8.87. The molecule has 4 aromatic rings. The maximum Gasteiger partial charge on any atom is 0.339 e. The van der Waals surface area contributed by atoms with Crippen molar-refractivity contribution in [2.45, 2.75) is 6.54 Å². The quantitative estimate of drug-likeness (QED) is 0.513. The molecule has 0 spiro atoms. The second kappa shape index (κ2) is 7.80. The van der Waals surface area contributed by atoms with Crippen molar-refractivity contribution >= 4 is 5.97 Å². The summed E-state index contributed by atoms with van der Waals surface area (Å²) in [6.45, 7) is 0.444. The van der Waals surface area contributed by atoms with Crippen LogP contribution < -0.4 is 4.74 Å². The number of para-hydroxylation sites is 1. The number of hydrogen-bond acceptors (Lipinski definition) is 3. The molecule has 0 amide bonds. The monoisotopic (exact) mass is 370 g/mol. The molecule has 0 bridgehead atoms. The summed E-state index contributed by atoms with van der Waals surface area (Å²) in [4.78, 5) is 11.6. The smallest absolute Gasteiger partial charge is 0.339 e. The van der Waals surface area contributed by atoms with E-state index in [-0.39, 0.29) is 5.56 Å². The van der Waals surface area contributed by atoms with Crippen LogP contribution in [-0.2, 0) is 6.54 Å². The predicted octanol–water partition coefficient (Wildman–Crippen LogP) is 5.09. The van der Waals surface area contributed by atoms with E-state index in [1.807, 2.05) is 84.9 Å². The molecular weight excluding hydrogens is 352 g/mol. The number of carboxylic acid groups (broad SMARTS) is 1. The van der Waals surface area contributed by atoms with E-state index in [9.17, 15) is 9.90 Å². The van der Waals surface area contributed by atoms with E-state index >= 15 is 0 Å². The zero-order chi connectivity index (χ0) is 19.3. The van der Waals surface area contributed by atoms with Gasteiger partial charge in [-0.1, -0.05) is 60.7 Å². The predicted molar refractivity (Wildman–Crippen MR) is 107 cm³/mol. The molecule has 0 fully saturated rings. The van der Waals surface area contributed by atoms with Gasteiger partial charge in [0, 0.05) is 11.8 Å². The molecule has 5 nitrogen and oxygen atoms in total. The molecule has 1 aromatic heterocycles. The van der Waals surface area contributed by atoms with Crippen LogP contribution in [0.3, 0.4) is 0 Å². The van der Waals surface area contributed by atoms with Gasteiger partial charge >= 0.3 is 5.97 Å². The third kappa shape index (κ3) is 3.94. The number of aromatic carboxylic acids is 1. The van der Waals surface area contributed by atoms with Crippen LogP contribution in [0, 0.1) is 0 Å². The van der Waals surface area contributed by atoms with Gasteiger partial charge in [-0.2, -0.15) is 5.10 Å². The lowest BCUT2D eigenvalue weighted by molar-refractivity contribution is 0.0697. The highest BCUT2D eigenvalue weighted by Crippen LogP contribution is 2.24. The number of carbonyl (C=O) groups is 1. The normalized spacial score (nSPS) is 10.6. The van der Waals surface area contributed by atoms with E-state index in [0.29, 0.717) is 12.2 Å². The topological polar surface area (TPSA) is 64.3 Å². The van der Waals surface area contributed by atoms with Crippen molar-refractivity contribution in [3.63, 3.8) is 0 Å². The third-order valence-electron chi connectivity index (χ3n) is 4.26. The molecule has 4 rings (SSSR count). The van der Waals surface area contributed by atoms with Crippen molar-refractivity contribution in [3.8, 4) is 22.8 Å². The standard InChI is InChI=1S/C23H18N2O3/c26-23(27)21-16-25(24-22(21)18-9-3-1-4-10-18)15-17-8-7-13-20(14-17)28-19-11-5-2-6-12-19/h1-14,16H,15H2,(H,26,27). The van der Waals surface area contributed by atoms with Crippen molar-refractivity contribution in [3.05, 3.63) is 102 Å². The van der Waals surface area contributed by atoms with Crippen molar-refractivity contribution in [1.82, 2.24) is 9.78 Å². The first-order valence-electron chi connectivity index (χ1n) is 8.87. The SMILES string of the molecule is O=C(O)c1cn(Cc2cccc(Oc3ccccc3)c2)nc1-c1ccccc1. The first kappa shape index (κ1) is 17.5. The zero-order valence-corrected chi connectivity index (χ0v) is 15.0. The molecule has 0 unspecified atom stereocenters. The lowest BCUT2D eigenvalue weighted by Gasteiger charge is -2.08. The van der Waals surface area contributed by atoms with Gasteiger partial charge in [0.25, 0.3) is 0 Å². The Morgan fingerprint density at radius 2 is 1.57 bits per heavy atom. The van der Waals surface area contributed by atoms with Gasteiger partial charge in [-0.3, -0.25) is 4.68 Å². The molecule has 28 heavy (non-hydrogen) atoms. The number of nitrogens with zero attached hydrogens (tertiary/aromatic N) is 2. The maximum absolute atomic E-state index is 11.6. The molecule has 3 aromatic carbocycles. The van der Waals surface area contributed by atoms with Crippen LogP contribution in [0.2, 0.25) is 0 Å². The van der Waals surface area contributed by atoms with Crippen LogP contribution in [0.15, 0.2) is 91.1 Å². The van der Waals surface area contributed by atoms with Crippen LogP contribution in [0.1, 0.15) is 15.9 Å². The number of carboxylic acids is 1. The maximum atomic E-state index is 11.6. The molecule has 5 heteroatoms. The van der Waals surface area contributed by atoms with Gasteiger partial charge in [0.15, 0.2) is 0 Å². The highest BCUT2D eigenvalue weighted by Gasteiger charge is 2.17. The average molecular weight is 370 g/mol. The molecule has 0 aliphatic heterocycles. The van der Waals surface area contributed by atoms with E-state index in [1.54, 1.807) is 10.9 Å². The van der Waals surface area contributed by atoms with E-state index in [4.69, 9.17) is 4.74 Å². The van der Waals surface area contributed by atoms with Crippen molar-refractivity contribution < 1.29 is 14.6 Å². The lowest BCUT2D eigenvalue weighted by Crippen LogP contribution is -2.00. The summed E-state index contributed by atoms with van der Waals surface area (Å²) in [6, 6.07) is 26.6. The number of benzene rings is 3. The second-order valence-corrected chi connectivity index (χ2v) is 6.32. The van der Waals surface area contributed by atoms with Gasteiger partial charge < -0.3 is 9.84 Å². The second-order valence-electron chi connectivity index (χ2n) is 6.32. The summed E-state index contributed by atoms with van der Waals surface area (Å²) in [6.07, 6.45) is 1.56. The summed E-state index contributed by atoms with van der Waals surface area (Å²) >= 11 is 0. The summed E-state index contributed by atoms with van der Waals surface area (Å²) in [7, 11) is 0. The summed E-state index contributed by atoms with van der Waals surface area (Å²) in [5.41, 5.74) is 2.39. The Bertz CT molecular complexity index is 1090. The molecule has 0 aliphatic carbocycles. The highest BCUT2D eigenvalue weighted by molar-refractivity contribution is 5.94. The summed E-state index contributed by atoms with van der Waals surface area (Å²) in [5, 5.41) is 14.0. The van der Waals surface area contributed by atoms with Crippen LogP contribution in [0.25, 0.3) is 11.3 Å². The van der Waals surface area contributed by atoms with Gasteiger partial charge in [0.05, 0.1) is 6.54 Å². The average Bonchev–Trinajstić information content (AvgIpc) is 3.14. The van der Waals surface area contributed by atoms with Crippen LogP contribution in [-0.4, -0.2) is 20.9 Å². The van der Waals surface area contributed by atoms with E-state index < -0.39 is 5.97 Å². The number of aromatic nitrogens is 2. The van der Waals surface area contributed by atoms with Gasteiger partial charge in [0.1, 0.15) is 22.8 Å². The fraction of sp³-hybridized carbons (Fsp3) is 0.0435. The van der Waals surface area contributed by atoms with Crippen LogP contribution >= 0.6 is 0 Å². The molecule has 0 atom stereocenters. The Morgan fingerprint density at radius 3 is 2.29 bits per heavy atom. The van der Waals surface area contributed by atoms with Gasteiger partial charge in [-0.25, -0.2) is 4.79 Å². The van der Waals surface area contributed by atoms with Crippen molar-refractivity contribution in [2.75, 3.05) is 0 Å². The van der Waals surface area contributed by atoms with Crippen molar-refractivity contribution in [1.29, 1.82) is 0 Å². The number of hydrogen-bond donors (Lipinski definition) is 1. The minimum Gasteiger partial charge on any atom is -0.478 e. The van der Waals surface area contributed by atoms with Crippen LogP contribution in [0.4, 0.5) is 0 Å². The third-order valence-corrected chi connectivity index (χ3v) is 4.26. The molecule has 0 aliphatic rings.